The predicted octanol–water partition coefficient (Wildman–Crippen LogP) is 19.3. The number of unbranched alkanes of at least 4 members (excludes halogenated alkanes) is 43. The number of aliphatic hydroxyl groups is 2. The maximum atomic E-state index is 12.5. The van der Waals surface area contributed by atoms with Crippen LogP contribution < -0.4 is 5.32 Å². The lowest BCUT2D eigenvalue weighted by atomic mass is 10.0. The molecule has 64 heavy (non-hydrogen) atoms. The van der Waals surface area contributed by atoms with E-state index in [-0.39, 0.29) is 12.5 Å². The van der Waals surface area contributed by atoms with Gasteiger partial charge in [0.25, 0.3) is 0 Å². The first-order valence-corrected chi connectivity index (χ1v) is 29.2. The van der Waals surface area contributed by atoms with Crippen LogP contribution in [0.2, 0.25) is 0 Å². The zero-order chi connectivity index (χ0) is 46.3. The molecular weight excluding hydrogens is 783 g/mol. The van der Waals surface area contributed by atoms with Crippen molar-refractivity contribution in [3.05, 3.63) is 36.5 Å². The highest BCUT2D eigenvalue weighted by molar-refractivity contribution is 5.76. The molecule has 0 aromatic carbocycles. The van der Waals surface area contributed by atoms with E-state index < -0.39 is 12.1 Å². The molecule has 0 aliphatic rings. The van der Waals surface area contributed by atoms with Gasteiger partial charge in [-0.05, 0) is 57.8 Å². The van der Waals surface area contributed by atoms with Gasteiger partial charge in [-0.2, -0.15) is 0 Å². The van der Waals surface area contributed by atoms with Crippen LogP contribution in [0.4, 0.5) is 0 Å². The third-order valence-electron chi connectivity index (χ3n) is 13.6. The molecule has 0 spiro atoms. The molecule has 0 bridgehead atoms. The third kappa shape index (κ3) is 51.6. The number of allylic oxidation sites excluding steroid dienone is 5. The van der Waals surface area contributed by atoms with Crippen LogP contribution in [-0.2, 0) is 4.79 Å². The van der Waals surface area contributed by atoms with E-state index in [4.69, 9.17) is 0 Å². The molecule has 0 radical (unpaired) electrons. The van der Waals surface area contributed by atoms with Crippen molar-refractivity contribution in [2.24, 2.45) is 0 Å². The molecule has 0 aliphatic heterocycles. The minimum absolute atomic E-state index is 0.0679. The van der Waals surface area contributed by atoms with E-state index in [1.54, 1.807) is 6.08 Å². The quantitative estimate of drug-likeness (QED) is 0.0421. The molecule has 0 aliphatic carbocycles. The van der Waals surface area contributed by atoms with Crippen LogP contribution >= 0.6 is 0 Å². The van der Waals surface area contributed by atoms with E-state index in [2.05, 4.69) is 43.5 Å². The summed E-state index contributed by atoms with van der Waals surface area (Å²) in [4.78, 5) is 12.5. The Balaban J connectivity index is 3.47. The van der Waals surface area contributed by atoms with E-state index in [9.17, 15) is 15.0 Å². The molecule has 4 nitrogen and oxygen atoms in total. The number of hydrogen-bond donors (Lipinski definition) is 3. The van der Waals surface area contributed by atoms with E-state index in [1.165, 1.54) is 270 Å². The summed E-state index contributed by atoms with van der Waals surface area (Å²) in [6, 6.07) is -0.638. The molecule has 1 amide bonds. The van der Waals surface area contributed by atoms with Crippen molar-refractivity contribution in [1.29, 1.82) is 0 Å². The average molecular weight is 899 g/mol. The van der Waals surface area contributed by atoms with Crippen molar-refractivity contribution in [1.82, 2.24) is 5.32 Å². The maximum absolute atomic E-state index is 12.5. The number of hydrogen-bond acceptors (Lipinski definition) is 3. The summed E-state index contributed by atoms with van der Waals surface area (Å²) in [6.07, 6.45) is 76.1. The Morgan fingerprint density at radius 2 is 0.609 bits per heavy atom. The number of carbonyl (C=O) groups excluding carboxylic acids is 1. The molecule has 0 fully saturated rings. The predicted molar refractivity (Wildman–Crippen MR) is 285 cm³/mol. The Hall–Kier alpha value is -1.39. The van der Waals surface area contributed by atoms with Crippen molar-refractivity contribution in [3.8, 4) is 0 Å². The Morgan fingerprint density at radius 1 is 0.359 bits per heavy atom. The Bertz CT molecular complexity index is 974. The topological polar surface area (TPSA) is 69.6 Å². The van der Waals surface area contributed by atoms with Gasteiger partial charge >= 0.3 is 0 Å². The minimum atomic E-state index is -0.861. The number of rotatable bonds is 54. The van der Waals surface area contributed by atoms with Crippen LogP contribution in [0.5, 0.6) is 0 Å². The van der Waals surface area contributed by atoms with Crippen LogP contribution in [0.1, 0.15) is 322 Å². The first-order chi connectivity index (χ1) is 31.7. The molecule has 2 unspecified atom stereocenters. The zero-order valence-electron chi connectivity index (χ0n) is 43.6. The van der Waals surface area contributed by atoms with Crippen LogP contribution in [0.15, 0.2) is 36.5 Å². The molecule has 0 aromatic heterocycles. The van der Waals surface area contributed by atoms with Gasteiger partial charge in [0.05, 0.1) is 18.8 Å². The van der Waals surface area contributed by atoms with Gasteiger partial charge in [0.2, 0.25) is 5.91 Å². The standard InChI is InChI=1S/C60H115NO3/c1-3-5-7-9-11-13-15-17-19-21-23-25-26-27-28-29-30-31-32-33-34-36-38-40-42-44-46-48-50-52-54-56-60(64)61-58(57-62)59(63)55-53-51-49-47-45-43-41-39-37-35-24-22-20-18-16-14-12-10-8-6-4-2/h21,23,45,47,53,55,58-59,62-63H,3-20,22,24-44,46,48-52,54,56-57H2,1-2H3,(H,61,64)/b23-21-,47-45+,55-53+. The van der Waals surface area contributed by atoms with E-state index in [1.807, 2.05) is 6.08 Å². The number of carbonyl (C=O) groups is 1. The number of nitrogens with one attached hydrogen (secondary N) is 1. The van der Waals surface area contributed by atoms with Gasteiger partial charge in [-0.25, -0.2) is 0 Å². The first-order valence-electron chi connectivity index (χ1n) is 29.2. The highest BCUT2D eigenvalue weighted by atomic mass is 16.3. The third-order valence-corrected chi connectivity index (χ3v) is 13.6. The van der Waals surface area contributed by atoms with Gasteiger partial charge in [0.1, 0.15) is 0 Å². The Labute approximate surface area is 402 Å². The maximum Gasteiger partial charge on any atom is 0.220 e. The summed E-state index contributed by atoms with van der Waals surface area (Å²) in [5.74, 6) is -0.0679. The largest absolute Gasteiger partial charge is 0.394 e. The molecule has 0 saturated heterocycles. The second kappa shape index (κ2) is 55.9. The number of amides is 1. The molecule has 378 valence electrons. The summed E-state index contributed by atoms with van der Waals surface area (Å²) >= 11 is 0. The van der Waals surface area contributed by atoms with Gasteiger partial charge in [0.15, 0.2) is 0 Å². The molecule has 0 heterocycles. The smallest absolute Gasteiger partial charge is 0.220 e. The van der Waals surface area contributed by atoms with Crippen molar-refractivity contribution in [3.63, 3.8) is 0 Å². The van der Waals surface area contributed by atoms with Gasteiger partial charge in [-0.1, -0.05) is 294 Å². The Morgan fingerprint density at radius 3 is 0.906 bits per heavy atom. The SMILES string of the molecule is CCCCCCCCCC/C=C\CCCCCCCCCCCCCCCCCCCCCC(=O)NC(CO)C(O)/C=C/CC/C=C/CCCCCCCCCCCCCCCCC. The highest BCUT2D eigenvalue weighted by Gasteiger charge is 2.18. The molecular formula is C60H115NO3. The number of aliphatic hydroxyl groups excluding tert-OH is 2. The second-order valence-corrected chi connectivity index (χ2v) is 20.1. The summed E-state index contributed by atoms with van der Waals surface area (Å²) in [5, 5.41) is 23.2. The fourth-order valence-electron chi connectivity index (χ4n) is 9.13. The first kappa shape index (κ1) is 62.6. The molecule has 0 saturated carbocycles. The molecule has 4 heteroatoms. The van der Waals surface area contributed by atoms with Gasteiger partial charge in [-0.3, -0.25) is 4.79 Å². The summed E-state index contributed by atoms with van der Waals surface area (Å²) in [6.45, 7) is 4.33. The average Bonchev–Trinajstić information content (AvgIpc) is 3.30. The zero-order valence-corrected chi connectivity index (χ0v) is 43.6. The summed E-state index contributed by atoms with van der Waals surface area (Å²) < 4.78 is 0. The van der Waals surface area contributed by atoms with Crippen LogP contribution in [0.3, 0.4) is 0 Å². The minimum Gasteiger partial charge on any atom is -0.394 e. The molecule has 3 N–H and O–H groups in total. The van der Waals surface area contributed by atoms with Crippen LogP contribution in [-0.4, -0.2) is 34.9 Å². The molecule has 0 rings (SSSR count). The fourth-order valence-corrected chi connectivity index (χ4v) is 9.13. The van der Waals surface area contributed by atoms with Crippen molar-refractivity contribution in [2.45, 2.75) is 334 Å². The lowest BCUT2D eigenvalue weighted by Gasteiger charge is -2.19. The second-order valence-electron chi connectivity index (χ2n) is 20.1. The normalized spacial score (nSPS) is 13.0. The highest BCUT2D eigenvalue weighted by Crippen LogP contribution is 2.17. The summed E-state index contributed by atoms with van der Waals surface area (Å²) in [7, 11) is 0. The van der Waals surface area contributed by atoms with Crippen molar-refractivity contribution < 1.29 is 15.0 Å². The van der Waals surface area contributed by atoms with Crippen LogP contribution in [0, 0.1) is 0 Å². The summed E-state index contributed by atoms with van der Waals surface area (Å²) in [5.41, 5.74) is 0. The van der Waals surface area contributed by atoms with Gasteiger partial charge in [-0.15, -0.1) is 0 Å². The van der Waals surface area contributed by atoms with Gasteiger partial charge < -0.3 is 15.5 Å². The monoisotopic (exact) mass is 898 g/mol. The fraction of sp³-hybridized carbons (Fsp3) is 0.883. The molecule has 2 atom stereocenters. The van der Waals surface area contributed by atoms with E-state index >= 15 is 0 Å². The van der Waals surface area contributed by atoms with E-state index in [0.717, 1.165) is 32.1 Å². The lowest BCUT2D eigenvalue weighted by Crippen LogP contribution is -2.45. The van der Waals surface area contributed by atoms with Crippen molar-refractivity contribution in [2.75, 3.05) is 6.61 Å². The van der Waals surface area contributed by atoms with Crippen LogP contribution in [0.25, 0.3) is 0 Å². The van der Waals surface area contributed by atoms with E-state index in [0.29, 0.717) is 6.42 Å². The van der Waals surface area contributed by atoms with Gasteiger partial charge in [0, 0.05) is 6.42 Å². The molecule has 0 aromatic rings. The Kier molecular flexibility index (Phi) is 54.7. The van der Waals surface area contributed by atoms with Crippen molar-refractivity contribution >= 4 is 5.91 Å². The lowest BCUT2D eigenvalue weighted by molar-refractivity contribution is -0.123.